The first kappa shape index (κ1) is 33.4. The first-order valence-electron chi connectivity index (χ1n) is 12.3. The molecule has 0 radical (unpaired) electrons. The molecule has 0 saturated carbocycles. The van der Waals surface area contributed by atoms with Crippen molar-refractivity contribution in [3.63, 3.8) is 0 Å². The second-order valence-corrected chi connectivity index (χ2v) is 14.0. The van der Waals surface area contributed by atoms with Gasteiger partial charge in [0.25, 0.3) is 0 Å². The molecule has 1 heterocycles. The van der Waals surface area contributed by atoms with E-state index in [4.69, 9.17) is 4.42 Å². The number of fused-ring (bicyclic) bond motifs is 3. The third kappa shape index (κ3) is 9.28. The Kier molecular flexibility index (Phi) is 12.6. The zero-order valence-corrected chi connectivity index (χ0v) is 27.3. The molecule has 1 aromatic heterocycles. The fraction of sp³-hybridized carbons (Fsp3) is 0.333. The number of hydrogen-bond donors (Lipinski definition) is 0. The van der Waals surface area contributed by atoms with Crippen LogP contribution in [0.5, 0.6) is 0 Å². The Morgan fingerprint density at radius 3 is 1.97 bits per heavy atom. The van der Waals surface area contributed by atoms with Crippen molar-refractivity contribution in [2.45, 2.75) is 72.6 Å². The van der Waals surface area contributed by atoms with Crippen molar-refractivity contribution in [3.8, 4) is 22.3 Å². The zero-order valence-electron chi connectivity index (χ0n) is 23.3. The topological polar surface area (TPSA) is 13.1 Å². The van der Waals surface area contributed by atoms with Gasteiger partial charge in [0, 0.05) is 12.5 Å². The fourth-order valence-corrected chi connectivity index (χ4v) is 4.02. The number of rotatable bonds is 1. The van der Waals surface area contributed by atoms with E-state index in [2.05, 4.69) is 104 Å². The Labute approximate surface area is 251 Å². The summed E-state index contributed by atoms with van der Waals surface area (Å²) in [5.74, 6) is 0. The first-order chi connectivity index (χ1) is 16.4. The van der Waals surface area contributed by atoms with Crippen molar-refractivity contribution in [1.82, 2.24) is 0 Å². The quantitative estimate of drug-likeness (QED) is 0.266. The molecule has 1 nitrogen and oxygen atoms in total. The molecule has 196 valence electrons. The van der Waals surface area contributed by atoms with Crippen molar-refractivity contribution < 1.29 is 53.5 Å². The van der Waals surface area contributed by atoms with E-state index >= 15 is 0 Å². The van der Waals surface area contributed by atoms with Crippen molar-refractivity contribution >= 4 is 3.21 Å². The molecule has 0 saturated heterocycles. The van der Waals surface area contributed by atoms with Gasteiger partial charge in [-0.25, -0.2) is 0 Å². The summed E-state index contributed by atoms with van der Waals surface area (Å²) in [5, 5.41) is 0. The monoisotopic (exact) mass is 610 g/mol. The van der Waals surface area contributed by atoms with Crippen molar-refractivity contribution in [1.29, 1.82) is 0 Å². The molecule has 0 N–H and O–H groups in total. The van der Waals surface area contributed by atoms with Gasteiger partial charge in [-0.2, -0.15) is 35.9 Å². The number of benzene rings is 2. The second kappa shape index (κ2) is 14.0. The zero-order chi connectivity index (χ0) is 25.8. The van der Waals surface area contributed by atoms with Crippen LogP contribution in [0.3, 0.4) is 0 Å². The van der Waals surface area contributed by atoms with Gasteiger partial charge in [-0.15, -0.1) is 23.3 Å². The largest absolute Gasteiger partial charge is 1.00 e. The van der Waals surface area contributed by atoms with E-state index in [1.165, 1.54) is 42.2 Å². The molecule has 1 aliphatic carbocycles. The summed E-state index contributed by atoms with van der Waals surface area (Å²) in [4.78, 5) is 0. The number of hydrogen-bond acceptors (Lipinski definition) is 1. The summed E-state index contributed by atoms with van der Waals surface area (Å²) in [5.41, 5.74) is 11.1. The van der Waals surface area contributed by atoms with Crippen molar-refractivity contribution in [2.24, 2.45) is 0 Å². The average molecular weight is 613 g/mol. The maximum Gasteiger partial charge on any atom is 0.0471 e. The van der Waals surface area contributed by atoms with Gasteiger partial charge in [0.05, 0.1) is 0 Å². The summed E-state index contributed by atoms with van der Waals surface area (Å²) >= 11 is 1.55. The molecule has 0 spiro atoms. The van der Waals surface area contributed by atoms with Crippen LogP contribution in [-0.4, -0.2) is 3.21 Å². The van der Waals surface area contributed by atoms with Gasteiger partial charge in [-0.3, -0.25) is 0 Å². The molecule has 37 heavy (non-hydrogen) atoms. The third-order valence-corrected chi connectivity index (χ3v) is 5.98. The van der Waals surface area contributed by atoms with Gasteiger partial charge in [0.15, 0.2) is 0 Å². The van der Waals surface area contributed by atoms with Gasteiger partial charge in [0.2, 0.25) is 0 Å². The van der Waals surface area contributed by atoms with Crippen LogP contribution in [0.25, 0.3) is 22.3 Å². The number of halogens is 2. The molecule has 0 atom stereocenters. The van der Waals surface area contributed by atoms with Crippen LogP contribution in [0.1, 0.15) is 77.6 Å². The minimum atomic E-state index is 0. The standard InChI is InChI=1S/C21H25.C9H7O.C3H6.2ClH.Zr/c1-20(2,3)16-7-9-18-14(12-16)11-15-13-17(21(4,5)6)8-10-19(15)18;1-2-4-8(3-1)9-5-6-10-7-9;1-3-2;;;/h7-10,12H,11H2,1-6H3;1-7H;1-2H3;2*1H;/q2*-1;;;;+2/p-2. The summed E-state index contributed by atoms with van der Waals surface area (Å²) in [6.07, 6.45) is 4.45. The first-order valence-corrected chi connectivity index (χ1v) is 13.5. The van der Waals surface area contributed by atoms with Gasteiger partial charge in [0.1, 0.15) is 0 Å². The number of furan rings is 1. The van der Waals surface area contributed by atoms with Gasteiger partial charge < -0.3 is 29.2 Å². The predicted octanol–water partition coefficient (Wildman–Crippen LogP) is 3.07. The average Bonchev–Trinajstić information content (AvgIpc) is 3.51. The molecule has 4 heteroatoms. The molecule has 4 aromatic rings. The summed E-state index contributed by atoms with van der Waals surface area (Å²) in [6, 6.07) is 25.3. The summed E-state index contributed by atoms with van der Waals surface area (Å²) < 4.78 is 6.44. The van der Waals surface area contributed by atoms with Crippen LogP contribution in [0, 0.1) is 6.07 Å². The van der Waals surface area contributed by atoms with Gasteiger partial charge in [-0.1, -0.05) is 82.5 Å². The normalized spacial score (nSPS) is 11.4. The van der Waals surface area contributed by atoms with Crippen LogP contribution in [0.15, 0.2) is 77.6 Å². The fourth-order valence-electron chi connectivity index (χ4n) is 4.02. The van der Waals surface area contributed by atoms with Gasteiger partial charge in [-0.05, 0) is 28.4 Å². The Morgan fingerprint density at radius 1 is 0.865 bits per heavy atom. The minimum Gasteiger partial charge on any atom is -1.00 e. The van der Waals surface area contributed by atoms with E-state index in [9.17, 15) is 0 Å². The molecular weight excluding hydrogens is 574 g/mol. The minimum absolute atomic E-state index is 0. The van der Waals surface area contributed by atoms with E-state index in [1.54, 1.807) is 36.8 Å². The van der Waals surface area contributed by atoms with Crippen LogP contribution < -0.4 is 24.8 Å². The molecule has 3 aromatic carbocycles. The predicted molar refractivity (Wildman–Crippen MR) is 147 cm³/mol. The van der Waals surface area contributed by atoms with Crippen molar-refractivity contribution in [3.05, 3.63) is 102 Å². The molecule has 0 bridgehead atoms. The Hall–Kier alpha value is -1.60. The Balaban J connectivity index is 0.000000358. The molecular formula is C33H38Cl2OZr-2. The smallest absolute Gasteiger partial charge is 0.0471 e. The van der Waals surface area contributed by atoms with Crippen LogP contribution >= 0.6 is 0 Å². The van der Waals surface area contributed by atoms with E-state index in [0.29, 0.717) is 0 Å². The molecule has 0 aliphatic heterocycles. The molecule has 5 rings (SSSR count). The van der Waals surface area contributed by atoms with E-state index in [0.717, 1.165) is 12.0 Å². The van der Waals surface area contributed by atoms with Crippen molar-refractivity contribution in [2.75, 3.05) is 0 Å². The third-order valence-electron chi connectivity index (χ3n) is 5.98. The van der Waals surface area contributed by atoms with E-state index in [1.807, 2.05) is 18.2 Å². The Bertz CT molecular complexity index is 1160. The van der Waals surface area contributed by atoms with Crippen LogP contribution in [0.2, 0.25) is 0 Å². The van der Waals surface area contributed by atoms with E-state index < -0.39 is 0 Å². The van der Waals surface area contributed by atoms with Crippen LogP contribution in [0.4, 0.5) is 0 Å². The van der Waals surface area contributed by atoms with Crippen LogP contribution in [-0.2, 0) is 41.5 Å². The summed E-state index contributed by atoms with van der Waals surface area (Å²) in [6.45, 7) is 17.8. The SMILES string of the molecule is CC(C)(C)c1[c-]c2c(cc1)-c1ccc(C(C)(C)C)cc1C2.C[C](C)=[Zr+2].[Cl-].[Cl-].c1cc[c-](-c2ccoc2)c1. The molecule has 1 aliphatic rings. The molecule has 0 unspecified atom stereocenters. The Morgan fingerprint density at radius 2 is 1.46 bits per heavy atom. The summed E-state index contributed by atoms with van der Waals surface area (Å²) in [7, 11) is 0. The second-order valence-electron chi connectivity index (χ2n) is 11.5. The van der Waals surface area contributed by atoms with E-state index in [-0.39, 0.29) is 35.6 Å². The molecule has 0 fully saturated rings. The molecule has 0 amide bonds. The maximum atomic E-state index is 4.94. The maximum absolute atomic E-state index is 4.94. The van der Waals surface area contributed by atoms with Gasteiger partial charge >= 0.3 is 41.3 Å².